The molecule has 134 valence electrons. The second kappa shape index (κ2) is 7.80. The van der Waals surface area contributed by atoms with Crippen LogP contribution in [0.1, 0.15) is 16.8 Å². The topological polar surface area (TPSA) is 58.8 Å². The zero-order valence-electron chi connectivity index (χ0n) is 15.1. The lowest BCUT2D eigenvalue weighted by atomic mass is 10.1. The minimum absolute atomic E-state index is 0.0562. The van der Waals surface area contributed by atoms with Crippen molar-refractivity contribution < 1.29 is 13.9 Å². The van der Waals surface area contributed by atoms with Crippen molar-refractivity contribution in [1.82, 2.24) is 14.8 Å². The van der Waals surface area contributed by atoms with Crippen molar-refractivity contribution in [2.75, 3.05) is 39.9 Å². The molecule has 0 spiro atoms. The molecule has 1 aliphatic heterocycles. The standard InChI is InChI=1S/C19H25N3O3/c1-14-4-5-17(15(2)10-14)19-20-16(12-25-19)11-21-6-8-22(9-7-21)18(23)13-24-3/h4-5,10,12H,6-9,11,13H2,1-3H3. The molecule has 0 aliphatic carbocycles. The van der Waals surface area contributed by atoms with Crippen molar-refractivity contribution in [2.45, 2.75) is 20.4 Å². The first-order valence-electron chi connectivity index (χ1n) is 8.58. The zero-order chi connectivity index (χ0) is 17.8. The Kier molecular flexibility index (Phi) is 5.50. The summed E-state index contributed by atoms with van der Waals surface area (Å²) in [6.45, 7) is 8.16. The van der Waals surface area contributed by atoms with Crippen LogP contribution in [0, 0.1) is 13.8 Å². The summed E-state index contributed by atoms with van der Waals surface area (Å²) in [6.07, 6.45) is 1.73. The van der Waals surface area contributed by atoms with Gasteiger partial charge in [0, 0.05) is 45.4 Å². The number of aryl methyl sites for hydroxylation is 2. The lowest BCUT2D eigenvalue weighted by Gasteiger charge is -2.34. The Morgan fingerprint density at radius 2 is 2.00 bits per heavy atom. The number of aromatic nitrogens is 1. The van der Waals surface area contributed by atoms with E-state index in [4.69, 9.17) is 9.15 Å². The van der Waals surface area contributed by atoms with Gasteiger partial charge in [0.2, 0.25) is 11.8 Å². The molecule has 25 heavy (non-hydrogen) atoms. The molecule has 6 heteroatoms. The summed E-state index contributed by atoms with van der Waals surface area (Å²) >= 11 is 0. The number of hydrogen-bond acceptors (Lipinski definition) is 5. The van der Waals surface area contributed by atoms with Crippen LogP contribution in [0.2, 0.25) is 0 Å². The summed E-state index contributed by atoms with van der Waals surface area (Å²) in [7, 11) is 1.55. The van der Waals surface area contributed by atoms with Gasteiger partial charge in [-0.05, 0) is 25.5 Å². The Hall–Kier alpha value is -2.18. The molecule has 0 bridgehead atoms. The number of amides is 1. The maximum absolute atomic E-state index is 11.8. The summed E-state index contributed by atoms with van der Waals surface area (Å²) in [6, 6.07) is 6.26. The molecule has 0 unspecified atom stereocenters. The first-order chi connectivity index (χ1) is 12.1. The van der Waals surface area contributed by atoms with Gasteiger partial charge < -0.3 is 14.1 Å². The van der Waals surface area contributed by atoms with Gasteiger partial charge in [0.25, 0.3) is 0 Å². The molecule has 0 atom stereocenters. The number of rotatable bonds is 5. The lowest BCUT2D eigenvalue weighted by Crippen LogP contribution is -2.49. The van der Waals surface area contributed by atoms with Gasteiger partial charge in [-0.2, -0.15) is 0 Å². The van der Waals surface area contributed by atoms with E-state index in [1.165, 1.54) is 11.1 Å². The fourth-order valence-electron chi connectivity index (χ4n) is 3.16. The van der Waals surface area contributed by atoms with Gasteiger partial charge in [-0.1, -0.05) is 17.7 Å². The van der Waals surface area contributed by atoms with Gasteiger partial charge in [0.15, 0.2) is 0 Å². The fraction of sp³-hybridized carbons (Fsp3) is 0.474. The maximum atomic E-state index is 11.8. The van der Waals surface area contributed by atoms with Crippen LogP contribution in [0.25, 0.3) is 11.5 Å². The second-order valence-electron chi connectivity index (χ2n) is 6.55. The number of piperazine rings is 1. The van der Waals surface area contributed by atoms with E-state index in [0.717, 1.165) is 44.0 Å². The van der Waals surface area contributed by atoms with E-state index in [9.17, 15) is 4.79 Å². The Labute approximate surface area is 148 Å². The van der Waals surface area contributed by atoms with Crippen molar-refractivity contribution >= 4 is 5.91 Å². The molecule has 0 N–H and O–H groups in total. The van der Waals surface area contributed by atoms with E-state index in [1.807, 2.05) is 4.90 Å². The van der Waals surface area contributed by atoms with Gasteiger partial charge in [0.1, 0.15) is 12.9 Å². The van der Waals surface area contributed by atoms with Crippen LogP contribution in [-0.4, -0.2) is 60.6 Å². The molecule has 0 radical (unpaired) electrons. The Bertz CT molecular complexity index is 733. The molecule has 1 fully saturated rings. The minimum Gasteiger partial charge on any atom is -0.444 e. The second-order valence-corrected chi connectivity index (χ2v) is 6.55. The molecule has 1 saturated heterocycles. The molecule has 0 saturated carbocycles. The van der Waals surface area contributed by atoms with E-state index in [1.54, 1.807) is 13.4 Å². The van der Waals surface area contributed by atoms with Crippen LogP contribution < -0.4 is 0 Å². The van der Waals surface area contributed by atoms with Gasteiger partial charge in [-0.25, -0.2) is 4.98 Å². The average Bonchev–Trinajstić information content (AvgIpc) is 3.04. The largest absolute Gasteiger partial charge is 0.444 e. The summed E-state index contributed by atoms with van der Waals surface area (Å²) in [4.78, 5) is 20.6. The third-order valence-electron chi connectivity index (χ3n) is 4.54. The maximum Gasteiger partial charge on any atom is 0.248 e. The fourth-order valence-corrected chi connectivity index (χ4v) is 3.16. The quantitative estimate of drug-likeness (QED) is 0.833. The lowest BCUT2D eigenvalue weighted by molar-refractivity contribution is -0.136. The van der Waals surface area contributed by atoms with E-state index in [2.05, 4.69) is 41.9 Å². The van der Waals surface area contributed by atoms with Crippen LogP contribution in [0.4, 0.5) is 0 Å². The zero-order valence-corrected chi connectivity index (χ0v) is 15.1. The Balaban J connectivity index is 1.58. The molecular formula is C19H25N3O3. The number of carbonyl (C=O) groups is 1. The van der Waals surface area contributed by atoms with Crippen molar-refractivity contribution in [3.8, 4) is 11.5 Å². The van der Waals surface area contributed by atoms with Crippen molar-refractivity contribution in [3.63, 3.8) is 0 Å². The molecule has 3 rings (SSSR count). The number of ether oxygens (including phenoxy) is 1. The molecule has 1 aliphatic rings. The minimum atomic E-state index is 0.0562. The van der Waals surface area contributed by atoms with Gasteiger partial charge in [0.05, 0.1) is 5.69 Å². The number of methoxy groups -OCH3 is 1. The van der Waals surface area contributed by atoms with Crippen LogP contribution >= 0.6 is 0 Å². The van der Waals surface area contributed by atoms with E-state index in [-0.39, 0.29) is 12.5 Å². The number of nitrogens with zero attached hydrogens (tertiary/aromatic N) is 3. The molecule has 2 heterocycles. The molecule has 1 aromatic heterocycles. The van der Waals surface area contributed by atoms with Crippen LogP contribution in [0.5, 0.6) is 0 Å². The number of oxazole rings is 1. The molecule has 1 aromatic carbocycles. The predicted octanol–water partition coefficient (Wildman–Crippen LogP) is 2.25. The Morgan fingerprint density at radius 3 is 2.68 bits per heavy atom. The van der Waals surface area contributed by atoms with Gasteiger partial charge >= 0.3 is 0 Å². The van der Waals surface area contributed by atoms with Crippen molar-refractivity contribution in [1.29, 1.82) is 0 Å². The number of hydrogen-bond donors (Lipinski definition) is 0. The predicted molar refractivity (Wildman–Crippen MR) is 95.1 cm³/mol. The highest BCUT2D eigenvalue weighted by molar-refractivity contribution is 5.77. The van der Waals surface area contributed by atoms with Gasteiger partial charge in [-0.3, -0.25) is 9.69 Å². The highest BCUT2D eigenvalue weighted by Crippen LogP contribution is 2.24. The highest BCUT2D eigenvalue weighted by atomic mass is 16.5. The third-order valence-corrected chi connectivity index (χ3v) is 4.54. The molecular weight excluding hydrogens is 318 g/mol. The summed E-state index contributed by atoms with van der Waals surface area (Å²) < 4.78 is 10.6. The van der Waals surface area contributed by atoms with Gasteiger partial charge in [-0.15, -0.1) is 0 Å². The molecule has 1 amide bonds. The monoisotopic (exact) mass is 343 g/mol. The van der Waals surface area contributed by atoms with Crippen molar-refractivity contribution in [3.05, 3.63) is 41.3 Å². The van der Waals surface area contributed by atoms with Crippen LogP contribution in [-0.2, 0) is 16.1 Å². The first kappa shape index (κ1) is 17.6. The van der Waals surface area contributed by atoms with E-state index >= 15 is 0 Å². The van der Waals surface area contributed by atoms with Crippen LogP contribution in [0.15, 0.2) is 28.9 Å². The van der Waals surface area contributed by atoms with E-state index < -0.39 is 0 Å². The van der Waals surface area contributed by atoms with Crippen molar-refractivity contribution in [2.24, 2.45) is 0 Å². The normalized spacial score (nSPS) is 15.6. The number of benzene rings is 1. The SMILES string of the molecule is COCC(=O)N1CCN(Cc2coc(-c3ccc(C)cc3C)n2)CC1. The van der Waals surface area contributed by atoms with E-state index in [0.29, 0.717) is 5.89 Å². The highest BCUT2D eigenvalue weighted by Gasteiger charge is 2.21. The third kappa shape index (κ3) is 4.27. The first-order valence-corrected chi connectivity index (χ1v) is 8.58. The smallest absolute Gasteiger partial charge is 0.248 e. The number of carbonyl (C=O) groups excluding carboxylic acids is 1. The van der Waals surface area contributed by atoms with Crippen LogP contribution in [0.3, 0.4) is 0 Å². The molecule has 2 aromatic rings. The summed E-state index contributed by atoms with van der Waals surface area (Å²) in [5, 5.41) is 0. The Morgan fingerprint density at radius 1 is 1.24 bits per heavy atom. The summed E-state index contributed by atoms with van der Waals surface area (Å²) in [5.74, 6) is 0.724. The molecule has 6 nitrogen and oxygen atoms in total. The average molecular weight is 343 g/mol. The summed E-state index contributed by atoms with van der Waals surface area (Å²) in [5.41, 5.74) is 4.35.